The molecule has 1 saturated heterocycles. The van der Waals surface area contributed by atoms with Crippen LogP contribution in [-0.2, 0) is 4.74 Å². The van der Waals surface area contributed by atoms with Crippen molar-refractivity contribution in [1.29, 1.82) is 0 Å². The lowest BCUT2D eigenvalue weighted by Gasteiger charge is -2.23. The van der Waals surface area contributed by atoms with Gasteiger partial charge < -0.3 is 20.3 Å². The maximum atomic E-state index is 15.1. The van der Waals surface area contributed by atoms with Crippen LogP contribution in [0.1, 0.15) is 6.23 Å². The highest BCUT2D eigenvalue weighted by molar-refractivity contribution is 5.84. The fourth-order valence-corrected chi connectivity index (χ4v) is 2.66. The average Bonchev–Trinajstić information content (AvgIpc) is 3.14. The number of fused-ring (bicyclic) bond motifs is 1. The summed E-state index contributed by atoms with van der Waals surface area (Å²) in [5.74, 6) is 1.91. The van der Waals surface area contributed by atoms with E-state index in [0.717, 1.165) is 4.57 Å². The molecule has 0 amide bonds. The molecule has 2 aromatic heterocycles. The summed E-state index contributed by atoms with van der Waals surface area (Å²) in [5.41, 5.74) is 6.28. The molecule has 0 saturated carbocycles. The first kappa shape index (κ1) is 16.9. The number of alkyl halides is 1. The third kappa shape index (κ3) is 2.43. The largest absolute Gasteiger partial charge is 0.394 e. The molecule has 0 aromatic carbocycles. The Morgan fingerprint density at radius 1 is 1.64 bits per heavy atom. The van der Waals surface area contributed by atoms with E-state index >= 15 is 4.39 Å². The Labute approximate surface area is 140 Å². The molecule has 0 radical (unpaired) electrons. The van der Waals surface area contributed by atoms with Gasteiger partial charge in [0.15, 0.2) is 23.2 Å². The van der Waals surface area contributed by atoms with E-state index < -0.39 is 30.7 Å². The topological polar surface area (TPSA) is 154 Å². The van der Waals surface area contributed by atoms with Gasteiger partial charge in [-0.15, -0.1) is 6.42 Å². The molecule has 3 N–H and O–H groups in total. The monoisotopic (exact) mass is 348 g/mol. The van der Waals surface area contributed by atoms with E-state index in [0.29, 0.717) is 0 Å². The lowest BCUT2D eigenvalue weighted by atomic mass is 9.97. The van der Waals surface area contributed by atoms with Crippen molar-refractivity contribution in [2.45, 2.75) is 24.1 Å². The molecule has 0 spiro atoms. The maximum Gasteiger partial charge on any atom is 0.243 e. The van der Waals surface area contributed by atoms with Crippen molar-refractivity contribution in [3.8, 4) is 12.3 Å². The van der Waals surface area contributed by atoms with Gasteiger partial charge in [-0.05, 0) is 10.6 Å². The third-order valence-corrected chi connectivity index (χ3v) is 3.88. The Hall–Kier alpha value is -2.97. The molecule has 25 heavy (non-hydrogen) atoms. The van der Waals surface area contributed by atoms with Gasteiger partial charge in [-0.25, -0.2) is 19.3 Å². The minimum atomic E-state index is -2.62. The molecule has 2 aromatic rings. The number of ether oxygens (including phenoxy) is 1. The molecular weight excluding hydrogens is 335 g/mol. The van der Waals surface area contributed by atoms with Gasteiger partial charge in [-0.1, -0.05) is 5.92 Å². The zero-order chi connectivity index (χ0) is 18.2. The maximum absolute atomic E-state index is 15.1. The first-order chi connectivity index (χ1) is 12.0. The van der Waals surface area contributed by atoms with E-state index in [2.05, 4.69) is 30.3 Å². The molecule has 12 heteroatoms. The molecular formula is C13H13FN8O3. The van der Waals surface area contributed by atoms with Crippen LogP contribution in [0.5, 0.6) is 0 Å². The summed E-state index contributed by atoms with van der Waals surface area (Å²) in [6.07, 6.45) is 2.02. The van der Waals surface area contributed by atoms with Crippen LogP contribution in [0.3, 0.4) is 0 Å². The summed E-state index contributed by atoms with van der Waals surface area (Å²) in [6.45, 7) is -0.627. The van der Waals surface area contributed by atoms with Crippen LogP contribution in [-0.4, -0.2) is 61.3 Å². The molecule has 11 nitrogen and oxygen atoms in total. The van der Waals surface area contributed by atoms with Crippen LogP contribution in [0.15, 0.2) is 11.4 Å². The number of nitrogens with one attached hydrogen (secondary N) is 1. The Balaban J connectivity index is 2.20. The van der Waals surface area contributed by atoms with Crippen molar-refractivity contribution < 1.29 is 19.3 Å². The summed E-state index contributed by atoms with van der Waals surface area (Å²) in [5, 5.41) is 25.4. The molecule has 1 aliphatic rings. The van der Waals surface area contributed by atoms with Crippen molar-refractivity contribution in [3.05, 3.63) is 16.8 Å². The number of aliphatic hydroxyl groups is 2. The zero-order valence-corrected chi connectivity index (χ0v) is 12.9. The smallest absolute Gasteiger partial charge is 0.243 e. The van der Waals surface area contributed by atoms with Gasteiger partial charge in [0.05, 0.1) is 12.9 Å². The second-order valence-corrected chi connectivity index (χ2v) is 5.20. The quantitative estimate of drug-likeness (QED) is 0.313. The minimum absolute atomic E-state index is 0.0785. The molecule has 130 valence electrons. The van der Waals surface area contributed by atoms with E-state index in [9.17, 15) is 10.2 Å². The Morgan fingerprint density at radius 3 is 3.00 bits per heavy atom. The van der Waals surface area contributed by atoms with Crippen molar-refractivity contribution in [3.63, 3.8) is 0 Å². The van der Waals surface area contributed by atoms with Crippen LogP contribution in [0.4, 0.5) is 16.2 Å². The van der Waals surface area contributed by atoms with Crippen LogP contribution >= 0.6 is 0 Å². The average molecular weight is 348 g/mol. The minimum Gasteiger partial charge on any atom is -0.394 e. The number of terminal acetylenes is 1. The first-order valence-electron chi connectivity index (χ1n) is 7.08. The molecule has 0 aliphatic carbocycles. The molecule has 0 unspecified atom stereocenters. The molecule has 3 heterocycles. The van der Waals surface area contributed by atoms with Gasteiger partial charge >= 0.3 is 0 Å². The number of rotatable bonds is 4. The highest BCUT2D eigenvalue weighted by atomic mass is 19.1. The first-order valence-corrected chi connectivity index (χ1v) is 7.08. The van der Waals surface area contributed by atoms with E-state index in [-0.39, 0.29) is 22.9 Å². The number of nitrogens with zero attached hydrogens (tertiary/aromatic N) is 7. The number of hydrogen-bond acceptors (Lipinski definition) is 8. The highest BCUT2D eigenvalue weighted by Crippen LogP contribution is 2.42. The number of azide groups is 1. The van der Waals surface area contributed by atoms with Gasteiger partial charge in [0.2, 0.25) is 11.6 Å². The van der Waals surface area contributed by atoms with Crippen molar-refractivity contribution in [1.82, 2.24) is 19.5 Å². The molecule has 4 atom stereocenters. The lowest BCUT2D eigenvalue weighted by Crippen LogP contribution is -2.42. The fourth-order valence-electron chi connectivity index (χ4n) is 2.66. The summed E-state index contributed by atoms with van der Waals surface area (Å²) in [4.78, 5) is 14.7. The summed E-state index contributed by atoms with van der Waals surface area (Å²) in [6, 6.07) is 0. The van der Waals surface area contributed by atoms with Gasteiger partial charge in [0.25, 0.3) is 0 Å². The van der Waals surface area contributed by atoms with Gasteiger partial charge in [0, 0.05) is 12.0 Å². The fraction of sp³-hybridized carbons (Fsp3) is 0.462. The Bertz CT molecular complexity index is 905. The second-order valence-electron chi connectivity index (χ2n) is 5.20. The van der Waals surface area contributed by atoms with Gasteiger partial charge in [0.1, 0.15) is 12.2 Å². The van der Waals surface area contributed by atoms with Gasteiger partial charge in [-0.3, -0.25) is 4.57 Å². The summed E-state index contributed by atoms with van der Waals surface area (Å²) < 4.78 is 21.7. The van der Waals surface area contributed by atoms with Crippen LogP contribution in [0.25, 0.3) is 21.6 Å². The van der Waals surface area contributed by atoms with Crippen LogP contribution in [0.2, 0.25) is 0 Å². The van der Waals surface area contributed by atoms with E-state index in [1.807, 2.05) is 5.92 Å². The van der Waals surface area contributed by atoms with Crippen molar-refractivity contribution in [2.75, 3.05) is 19.0 Å². The third-order valence-electron chi connectivity index (χ3n) is 3.88. The van der Waals surface area contributed by atoms with E-state index in [1.54, 1.807) is 7.05 Å². The molecule has 1 fully saturated rings. The Kier molecular flexibility index (Phi) is 4.15. The zero-order valence-electron chi connectivity index (χ0n) is 12.9. The highest BCUT2D eigenvalue weighted by Gasteiger charge is 2.57. The normalized spacial score (nSPS) is 28.5. The standard InChI is InChI=1S/C13H13FN8O3/c1-3-13(14)8(24)6(4-23)25-11(13)22-5-17-7-9(16-2)18-12(20-21-15)19-10(7)22/h1,5-6,8,11,23-24H,4H2,2H3,(H,16,18,19)/t6-,8-,11-,13-/m1/s1. The number of halogens is 1. The SMILES string of the molecule is C#C[C@@]1(F)[C@H](O)[C@@H](CO)O[C@H]1n1cnc2c(NC)nc(N=[N+]=[N-])nc21. The number of imidazole rings is 1. The van der Waals surface area contributed by atoms with E-state index in [4.69, 9.17) is 16.7 Å². The van der Waals surface area contributed by atoms with Crippen LogP contribution in [0, 0.1) is 12.3 Å². The van der Waals surface area contributed by atoms with Gasteiger partial charge in [-0.2, -0.15) is 0 Å². The summed E-state index contributed by atoms with van der Waals surface area (Å²) >= 11 is 0. The number of aliphatic hydroxyl groups excluding tert-OH is 2. The summed E-state index contributed by atoms with van der Waals surface area (Å²) in [7, 11) is 1.57. The predicted octanol–water partition coefficient (Wildman–Crippen LogP) is 0.402. The van der Waals surface area contributed by atoms with E-state index in [1.165, 1.54) is 6.33 Å². The number of aromatic nitrogens is 4. The number of hydrogen-bond donors (Lipinski definition) is 3. The molecule has 0 bridgehead atoms. The molecule has 1 aliphatic heterocycles. The second kappa shape index (κ2) is 6.15. The van der Waals surface area contributed by atoms with Crippen LogP contribution < -0.4 is 5.32 Å². The van der Waals surface area contributed by atoms with Crippen molar-refractivity contribution >= 4 is 22.9 Å². The Morgan fingerprint density at radius 2 is 2.40 bits per heavy atom. The molecule has 3 rings (SSSR count). The number of anilines is 1. The lowest BCUT2D eigenvalue weighted by molar-refractivity contribution is -0.0504. The predicted molar refractivity (Wildman–Crippen MR) is 83.4 cm³/mol. The van der Waals surface area contributed by atoms with Crippen molar-refractivity contribution in [2.24, 2.45) is 5.11 Å².